The molecule has 6 rings (SSSR count). The van der Waals surface area contributed by atoms with Gasteiger partial charge in [-0.25, -0.2) is 4.98 Å². The molecule has 0 amide bonds. The van der Waals surface area contributed by atoms with E-state index in [1.54, 1.807) is 6.07 Å². The second-order valence-corrected chi connectivity index (χ2v) is 8.89. The lowest BCUT2D eigenvalue weighted by molar-refractivity contribution is 0.00706. The maximum absolute atomic E-state index is 9.89. The molecule has 5 heterocycles. The van der Waals surface area contributed by atoms with Crippen molar-refractivity contribution in [2.24, 2.45) is 0 Å². The molecule has 3 aromatic rings. The molecule has 9 nitrogen and oxygen atoms in total. The number of aliphatic hydroxyl groups is 2. The Balaban J connectivity index is 1.23. The topological polar surface area (TPSA) is 113 Å². The van der Waals surface area contributed by atoms with Crippen LogP contribution >= 0.6 is 11.6 Å². The zero-order chi connectivity index (χ0) is 21.8. The van der Waals surface area contributed by atoms with Crippen LogP contribution in [-0.2, 0) is 9.47 Å². The summed E-state index contributed by atoms with van der Waals surface area (Å²) in [5, 5.41) is 20.2. The number of nitrogens with zero attached hydrogens (tertiary/aromatic N) is 3. The van der Waals surface area contributed by atoms with Gasteiger partial charge in [0.1, 0.15) is 18.3 Å². The minimum atomic E-state index is -0.630. The zero-order valence-electron chi connectivity index (χ0n) is 17.1. The molecule has 32 heavy (non-hydrogen) atoms. The molecular weight excluding hydrogens is 436 g/mol. The first-order chi connectivity index (χ1) is 15.5. The molecule has 0 aliphatic carbocycles. The summed E-state index contributed by atoms with van der Waals surface area (Å²) in [7, 11) is 0. The van der Waals surface area contributed by atoms with Crippen molar-refractivity contribution in [3.05, 3.63) is 35.4 Å². The Morgan fingerprint density at radius 1 is 1.09 bits per heavy atom. The number of benzene rings is 1. The molecule has 1 unspecified atom stereocenters. The Bertz CT molecular complexity index is 1140. The number of anilines is 1. The molecule has 3 N–H and O–H groups in total. The Hall–Kier alpha value is -2.43. The molecule has 10 heteroatoms. The van der Waals surface area contributed by atoms with E-state index in [9.17, 15) is 10.2 Å². The van der Waals surface area contributed by atoms with Crippen LogP contribution in [0.15, 0.2) is 30.3 Å². The SMILES string of the molecule is O[C@H]1CCN(c2ccc(-c3nc4nc(O[C@@H]5COC6[C@H](O)CO[C@@H]65)[nH]c4cc3Cl)cc2)C1. The van der Waals surface area contributed by atoms with E-state index in [-0.39, 0.29) is 31.0 Å². The second kappa shape index (κ2) is 7.86. The molecule has 168 valence electrons. The van der Waals surface area contributed by atoms with Crippen LogP contribution in [0, 0.1) is 0 Å². The number of pyridine rings is 1. The van der Waals surface area contributed by atoms with Gasteiger partial charge < -0.3 is 34.3 Å². The van der Waals surface area contributed by atoms with E-state index in [4.69, 9.17) is 25.8 Å². The van der Waals surface area contributed by atoms with Gasteiger partial charge in [0.2, 0.25) is 0 Å². The van der Waals surface area contributed by atoms with Gasteiger partial charge in [-0.3, -0.25) is 0 Å². The summed E-state index contributed by atoms with van der Waals surface area (Å²) in [5.41, 5.74) is 3.74. The van der Waals surface area contributed by atoms with Crippen molar-refractivity contribution < 1.29 is 24.4 Å². The fourth-order valence-electron chi connectivity index (χ4n) is 4.65. The van der Waals surface area contributed by atoms with Gasteiger partial charge in [-0.1, -0.05) is 23.7 Å². The summed E-state index contributed by atoms with van der Waals surface area (Å²) in [4.78, 5) is 14.4. The third-order valence-corrected chi connectivity index (χ3v) is 6.61. The fraction of sp³-hybridized carbons (Fsp3) is 0.455. The first-order valence-electron chi connectivity index (χ1n) is 10.7. The van der Waals surface area contributed by atoms with E-state index in [1.165, 1.54) is 0 Å². The highest BCUT2D eigenvalue weighted by Crippen LogP contribution is 2.33. The minimum Gasteiger partial charge on any atom is -0.456 e. The fourth-order valence-corrected chi connectivity index (χ4v) is 4.91. The number of hydrogen-bond acceptors (Lipinski definition) is 8. The third kappa shape index (κ3) is 3.50. The lowest BCUT2D eigenvalue weighted by Crippen LogP contribution is -2.34. The molecule has 3 aliphatic heterocycles. The summed E-state index contributed by atoms with van der Waals surface area (Å²) >= 11 is 6.53. The Morgan fingerprint density at radius 3 is 2.69 bits per heavy atom. The van der Waals surface area contributed by atoms with Crippen molar-refractivity contribution >= 4 is 28.5 Å². The van der Waals surface area contributed by atoms with Gasteiger partial charge in [0.25, 0.3) is 6.01 Å². The van der Waals surface area contributed by atoms with Gasteiger partial charge in [-0.15, -0.1) is 0 Å². The van der Waals surface area contributed by atoms with Crippen molar-refractivity contribution in [3.8, 4) is 17.3 Å². The predicted octanol–water partition coefficient (Wildman–Crippen LogP) is 1.76. The number of fused-ring (bicyclic) bond motifs is 2. The van der Waals surface area contributed by atoms with Crippen LogP contribution in [0.1, 0.15) is 6.42 Å². The van der Waals surface area contributed by atoms with Gasteiger partial charge in [0.15, 0.2) is 11.8 Å². The second-order valence-electron chi connectivity index (χ2n) is 8.49. The number of halogens is 1. The summed E-state index contributed by atoms with van der Waals surface area (Å²) < 4.78 is 17.2. The summed E-state index contributed by atoms with van der Waals surface area (Å²) in [6.45, 7) is 2.06. The Labute approximate surface area is 188 Å². The van der Waals surface area contributed by atoms with E-state index < -0.39 is 6.10 Å². The lowest BCUT2D eigenvalue weighted by atomic mass is 10.1. The molecule has 0 bridgehead atoms. The van der Waals surface area contributed by atoms with E-state index in [1.807, 2.05) is 24.3 Å². The number of rotatable bonds is 4. The minimum absolute atomic E-state index is 0.243. The van der Waals surface area contributed by atoms with Gasteiger partial charge >= 0.3 is 0 Å². The van der Waals surface area contributed by atoms with Gasteiger partial charge in [0.05, 0.1) is 35.6 Å². The number of β-amino-alcohol motifs (C(OH)–C–C–N with tert-alkyl or cyclic N) is 1. The standard InChI is InChI=1S/C22H23ClN4O5/c23-14-7-15-21(26-22(24-15)32-17-10-31-19-16(29)9-30-20(17)19)25-18(14)11-1-3-12(4-2-11)27-6-5-13(28)8-27/h1-4,7,13,16-17,19-20,28-29H,5-6,8-10H2,(H,24,25,26)/t13-,16+,17+,19?,20+/m0/s1. The van der Waals surface area contributed by atoms with E-state index >= 15 is 0 Å². The lowest BCUT2D eigenvalue weighted by Gasteiger charge is -2.18. The molecule has 3 fully saturated rings. The van der Waals surface area contributed by atoms with E-state index in [0.717, 1.165) is 24.2 Å². The van der Waals surface area contributed by atoms with Crippen LogP contribution in [0.3, 0.4) is 0 Å². The maximum Gasteiger partial charge on any atom is 0.296 e. The number of ether oxygens (including phenoxy) is 3. The van der Waals surface area contributed by atoms with E-state index in [2.05, 4.69) is 19.9 Å². The number of hydrogen-bond donors (Lipinski definition) is 3. The van der Waals surface area contributed by atoms with Crippen molar-refractivity contribution in [2.75, 3.05) is 31.2 Å². The molecular formula is C22H23ClN4O5. The Kier molecular flexibility index (Phi) is 4.96. The molecule has 3 aliphatic rings. The Morgan fingerprint density at radius 2 is 1.91 bits per heavy atom. The largest absolute Gasteiger partial charge is 0.456 e. The number of nitrogens with one attached hydrogen (secondary N) is 1. The molecule has 0 radical (unpaired) electrons. The zero-order valence-corrected chi connectivity index (χ0v) is 17.9. The predicted molar refractivity (Wildman–Crippen MR) is 117 cm³/mol. The molecule has 0 spiro atoms. The highest BCUT2D eigenvalue weighted by atomic mass is 35.5. The highest BCUT2D eigenvalue weighted by molar-refractivity contribution is 6.33. The van der Waals surface area contributed by atoms with Crippen LogP contribution in [-0.4, -0.2) is 82.0 Å². The van der Waals surface area contributed by atoms with Gasteiger partial charge in [0, 0.05) is 24.3 Å². The summed E-state index contributed by atoms with van der Waals surface area (Å²) in [5.74, 6) is 0. The molecule has 3 saturated heterocycles. The van der Waals surface area contributed by atoms with E-state index in [0.29, 0.717) is 41.0 Å². The van der Waals surface area contributed by atoms with Gasteiger partial charge in [-0.05, 0) is 24.6 Å². The monoisotopic (exact) mass is 458 g/mol. The third-order valence-electron chi connectivity index (χ3n) is 6.32. The normalized spacial score (nSPS) is 29.7. The highest BCUT2D eigenvalue weighted by Gasteiger charge is 2.48. The number of H-pyrrole nitrogens is 1. The first-order valence-corrected chi connectivity index (χ1v) is 11.1. The van der Waals surface area contributed by atoms with Gasteiger partial charge in [-0.2, -0.15) is 4.98 Å². The summed E-state index contributed by atoms with van der Waals surface area (Å²) in [6.07, 6.45) is -1.15. The molecule has 0 saturated carbocycles. The average molecular weight is 459 g/mol. The van der Waals surface area contributed by atoms with Crippen molar-refractivity contribution in [1.29, 1.82) is 0 Å². The first kappa shape index (κ1) is 20.2. The van der Waals surface area contributed by atoms with Crippen LogP contribution < -0.4 is 9.64 Å². The number of imidazole rings is 1. The van der Waals surface area contributed by atoms with Crippen LogP contribution in [0.2, 0.25) is 5.02 Å². The van der Waals surface area contributed by atoms with Crippen LogP contribution in [0.25, 0.3) is 22.4 Å². The maximum atomic E-state index is 9.89. The number of aromatic amines is 1. The van der Waals surface area contributed by atoms with Crippen molar-refractivity contribution in [3.63, 3.8) is 0 Å². The number of aliphatic hydroxyl groups excluding tert-OH is 2. The van der Waals surface area contributed by atoms with Crippen LogP contribution in [0.5, 0.6) is 6.01 Å². The smallest absolute Gasteiger partial charge is 0.296 e. The van der Waals surface area contributed by atoms with Crippen molar-refractivity contribution in [1.82, 2.24) is 15.0 Å². The summed E-state index contributed by atoms with van der Waals surface area (Å²) in [6, 6.07) is 10.1. The quantitative estimate of drug-likeness (QED) is 0.542. The van der Waals surface area contributed by atoms with Crippen molar-refractivity contribution in [2.45, 2.75) is 36.9 Å². The molecule has 1 aromatic carbocycles. The molecule has 2 aromatic heterocycles. The van der Waals surface area contributed by atoms with Crippen LogP contribution in [0.4, 0.5) is 5.69 Å². The number of aromatic nitrogens is 3. The molecule has 5 atom stereocenters. The average Bonchev–Trinajstić information content (AvgIpc) is 3.55.